The fourth-order valence-corrected chi connectivity index (χ4v) is 4.17. The Morgan fingerprint density at radius 3 is 2.50 bits per heavy atom. The van der Waals surface area contributed by atoms with Gasteiger partial charge < -0.3 is 4.90 Å². The zero-order chi connectivity index (χ0) is 13.8. The Labute approximate surface area is 126 Å². The first-order valence-corrected chi connectivity index (χ1v) is 8.92. The molecule has 2 fully saturated rings. The molecule has 0 unspecified atom stereocenters. The van der Waals surface area contributed by atoms with Gasteiger partial charge in [-0.05, 0) is 18.8 Å². The van der Waals surface area contributed by atoms with Crippen LogP contribution in [0.3, 0.4) is 0 Å². The van der Waals surface area contributed by atoms with Gasteiger partial charge in [-0.3, -0.25) is 4.90 Å². The van der Waals surface area contributed by atoms with E-state index < -0.39 is 0 Å². The van der Waals surface area contributed by atoms with Crippen LogP contribution >= 0.6 is 11.5 Å². The summed E-state index contributed by atoms with van der Waals surface area (Å²) in [6.45, 7) is 8.06. The summed E-state index contributed by atoms with van der Waals surface area (Å²) in [5.74, 6) is 1.96. The summed E-state index contributed by atoms with van der Waals surface area (Å²) in [4.78, 5) is 9.68. The van der Waals surface area contributed by atoms with E-state index in [1.165, 1.54) is 51.7 Å². The summed E-state index contributed by atoms with van der Waals surface area (Å²) in [6.07, 6.45) is 8.22. The standard InChI is InChI=1S/C15H26N4S/c1-2-14-16-15(20-17-14)19-10-8-18(9-11-19)12-13-6-4-3-5-7-13/h13H,2-12H2,1H3. The molecule has 1 aromatic heterocycles. The van der Waals surface area contributed by atoms with E-state index in [1.807, 2.05) is 0 Å². The number of aromatic nitrogens is 2. The highest BCUT2D eigenvalue weighted by Crippen LogP contribution is 2.25. The highest BCUT2D eigenvalue weighted by molar-refractivity contribution is 7.09. The maximum atomic E-state index is 4.61. The average Bonchev–Trinajstić information content (AvgIpc) is 2.98. The van der Waals surface area contributed by atoms with Crippen LogP contribution < -0.4 is 4.90 Å². The lowest BCUT2D eigenvalue weighted by molar-refractivity contribution is 0.192. The molecule has 0 spiro atoms. The monoisotopic (exact) mass is 294 g/mol. The predicted molar refractivity (Wildman–Crippen MR) is 84.5 cm³/mol. The summed E-state index contributed by atoms with van der Waals surface area (Å²) in [6, 6.07) is 0. The lowest BCUT2D eigenvalue weighted by Crippen LogP contribution is -2.48. The maximum Gasteiger partial charge on any atom is 0.205 e. The van der Waals surface area contributed by atoms with E-state index in [4.69, 9.17) is 0 Å². The van der Waals surface area contributed by atoms with Crippen LogP contribution in [0.4, 0.5) is 5.13 Å². The van der Waals surface area contributed by atoms with Crippen molar-refractivity contribution >= 4 is 16.7 Å². The minimum atomic E-state index is 0.943. The molecule has 1 aromatic rings. The molecule has 112 valence electrons. The van der Waals surface area contributed by atoms with Crippen molar-refractivity contribution in [2.45, 2.75) is 45.4 Å². The zero-order valence-electron chi connectivity index (χ0n) is 12.6. The largest absolute Gasteiger partial charge is 0.344 e. The van der Waals surface area contributed by atoms with E-state index in [-0.39, 0.29) is 0 Å². The second-order valence-electron chi connectivity index (χ2n) is 6.14. The summed E-state index contributed by atoms with van der Waals surface area (Å²) >= 11 is 1.56. The quantitative estimate of drug-likeness (QED) is 0.855. The van der Waals surface area contributed by atoms with Crippen LogP contribution in [0.5, 0.6) is 0 Å². The molecular weight excluding hydrogens is 268 g/mol. The molecule has 4 nitrogen and oxygen atoms in total. The first-order valence-electron chi connectivity index (χ1n) is 8.15. The molecule has 0 atom stereocenters. The highest BCUT2D eigenvalue weighted by atomic mass is 32.1. The molecule has 0 bridgehead atoms. The van der Waals surface area contributed by atoms with E-state index >= 15 is 0 Å². The van der Waals surface area contributed by atoms with Gasteiger partial charge in [0.2, 0.25) is 5.13 Å². The predicted octanol–water partition coefficient (Wildman–Crippen LogP) is 2.80. The van der Waals surface area contributed by atoms with Crippen molar-refractivity contribution in [2.24, 2.45) is 5.92 Å². The first kappa shape index (κ1) is 14.3. The number of hydrogen-bond donors (Lipinski definition) is 0. The average molecular weight is 294 g/mol. The molecule has 1 saturated carbocycles. The van der Waals surface area contributed by atoms with Gasteiger partial charge in [-0.25, -0.2) is 4.98 Å². The fourth-order valence-electron chi connectivity index (χ4n) is 3.37. The first-order chi connectivity index (χ1) is 9.85. The van der Waals surface area contributed by atoms with Crippen LogP contribution in [0.25, 0.3) is 0 Å². The van der Waals surface area contributed by atoms with Crippen molar-refractivity contribution in [3.63, 3.8) is 0 Å². The number of piperazine rings is 1. The molecule has 20 heavy (non-hydrogen) atoms. The molecule has 1 aliphatic heterocycles. The van der Waals surface area contributed by atoms with Crippen LogP contribution in [-0.2, 0) is 6.42 Å². The van der Waals surface area contributed by atoms with Gasteiger partial charge >= 0.3 is 0 Å². The maximum absolute atomic E-state index is 4.61. The molecule has 0 radical (unpaired) electrons. The summed E-state index contributed by atoms with van der Waals surface area (Å²) in [5.41, 5.74) is 0. The van der Waals surface area contributed by atoms with Gasteiger partial charge in [-0.1, -0.05) is 26.2 Å². The van der Waals surface area contributed by atoms with E-state index in [0.29, 0.717) is 0 Å². The lowest BCUT2D eigenvalue weighted by atomic mass is 9.89. The third-order valence-electron chi connectivity index (χ3n) is 4.66. The molecule has 2 heterocycles. The smallest absolute Gasteiger partial charge is 0.205 e. The summed E-state index contributed by atoms with van der Waals surface area (Å²) < 4.78 is 4.40. The van der Waals surface area contributed by atoms with Crippen molar-refractivity contribution in [3.05, 3.63) is 5.82 Å². The molecule has 2 aliphatic rings. The van der Waals surface area contributed by atoms with Crippen molar-refractivity contribution in [1.82, 2.24) is 14.3 Å². The molecular formula is C15H26N4S. The Kier molecular flexibility index (Phi) is 4.89. The molecule has 5 heteroatoms. The molecule has 0 aromatic carbocycles. The topological polar surface area (TPSA) is 32.3 Å². The van der Waals surface area contributed by atoms with Gasteiger partial charge in [-0.2, -0.15) is 4.37 Å². The molecule has 1 saturated heterocycles. The normalized spacial score (nSPS) is 22.4. The van der Waals surface area contributed by atoms with Gasteiger partial charge in [0.15, 0.2) is 0 Å². The molecule has 0 N–H and O–H groups in total. The highest BCUT2D eigenvalue weighted by Gasteiger charge is 2.23. The second-order valence-corrected chi connectivity index (χ2v) is 6.87. The van der Waals surface area contributed by atoms with Gasteiger partial charge in [0.05, 0.1) is 0 Å². The van der Waals surface area contributed by atoms with Crippen LogP contribution in [0.2, 0.25) is 0 Å². The number of anilines is 1. The minimum Gasteiger partial charge on any atom is -0.344 e. The Balaban J connectivity index is 1.46. The fraction of sp³-hybridized carbons (Fsp3) is 0.867. The van der Waals surface area contributed by atoms with Crippen molar-refractivity contribution in [2.75, 3.05) is 37.6 Å². The van der Waals surface area contributed by atoms with Gasteiger partial charge in [0.25, 0.3) is 0 Å². The SMILES string of the molecule is CCc1nsc(N2CCN(CC3CCCCC3)CC2)n1. The zero-order valence-corrected chi connectivity index (χ0v) is 13.4. The molecule has 3 rings (SSSR count). The second kappa shape index (κ2) is 6.85. The molecule has 1 aliphatic carbocycles. The van der Waals surface area contributed by atoms with Crippen LogP contribution in [0.1, 0.15) is 44.9 Å². The van der Waals surface area contributed by atoms with Gasteiger partial charge in [-0.15, -0.1) is 0 Å². The van der Waals surface area contributed by atoms with E-state index in [9.17, 15) is 0 Å². The van der Waals surface area contributed by atoms with Crippen LogP contribution in [0, 0.1) is 5.92 Å². The minimum absolute atomic E-state index is 0.943. The Morgan fingerprint density at radius 1 is 1.10 bits per heavy atom. The van der Waals surface area contributed by atoms with Gasteiger partial charge in [0.1, 0.15) is 5.82 Å². The number of nitrogens with zero attached hydrogens (tertiary/aromatic N) is 4. The third-order valence-corrected chi connectivity index (χ3v) is 5.47. The van der Waals surface area contributed by atoms with Crippen molar-refractivity contribution < 1.29 is 0 Å². The van der Waals surface area contributed by atoms with E-state index in [0.717, 1.165) is 36.4 Å². The Hall–Kier alpha value is -0.680. The lowest BCUT2D eigenvalue weighted by Gasteiger charge is -2.37. The van der Waals surface area contributed by atoms with E-state index in [2.05, 4.69) is 26.1 Å². The summed E-state index contributed by atoms with van der Waals surface area (Å²) in [5, 5.41) is 1.12. The number of rotatable bonds is 4. The Bertz CT molecular complexity index is 406. The van der Waals surface area contributed by atoms with Crippen molar-refractivity contribution in [3.8, 4) is 0 Å². The molecule has 0 amide bonds. The van der Waals surface area contributed by atoms with Crippen molar-refractivity contribution in [1.29, 1.82) is 0 Å². The van der Waals surface area contributed by atoms with Gasteiger partial charge in [0, 0.05) is 50.7 Å². The Morgan fingerprint density at radius 2 is 1.85 bits per heavy atom. The third kappa shape index (κ3) is 3.50. The number of aryl methyl sites for hydroxylation is 1. The number of hydrogen-bond acceptors (Lipinski definition) is 5. The summed E-state index contributed by atoms with van der Waals surface area (Å²) in [7, 11) is 0. The van der Waals surface area contributed by atoms with Crippen LogP contribution in [-0.4, -0.2) is 47.0 Å². The van der Waals surface area contributed by atoms with E-state index in [1.54, 1.807) is 11.5 Å². The van der Waals surface area contributed by atoms with Crippen LogP contribution in [0.15, 0.2) is 0 Å².